The number of piperidine rings is 1. The van der Waals surface area contributed by atoms with Gasteiger partial charge in [0.05, 0.1) is 23.1 Å². The standard InChI is InChI=1S/C30H27FN8O2/c1-16(40)26-27(19-12-21-7-8-22(13-19)38(21)30(41)25-10-11-34-37-25)36-29-23(15-35-39(29)28(26)32)18-4-9-24(33-14-18)17-2-5-20(31)6-3-17/h2-6,9-11,14-15,19,21-22H,7-8,12-13,32H2,1H3,(H,34,37)/t21-,22-/m1/s1. The molecular weight excluding hydrogens is 523 g/mol. The number of aromatic amines is 1. The van der Waals surface area contributed by atoms with Crippen LogP contribution in [0.15, 0.2) is 61.1 Å². The first-order chi connectivity index (χ1) is 19.9. The molecule has 2 aliphatic rings. The fourth-order valence-electron chi connectivity index (χ4n) is 6.48. The summed E-state index contributed by atoms with van der Waals surface area (Å²) in [5, 5.41) is 11.2. The maximum atomic E-state index is 13.3. The molecule has 206 valence electrons. The van der Waals surface area contributed by atoms with Crippen LogP contribution in [0.3, 0.4) is 0 Å². The molecule has 5 aromatic rings. The minimum Gasteiger partial charge on any atom is -0.383 e. The van der Waals surface area contributed by atoms with E-state index < -0.39 is 0 Å². The number of H-pyrrole nitrogens is 1. The number of nitrogens with one attached hydrogen (secondary N) is 1. The highest BCUT2D eigenvalue weighted by atomic mass is 19.1. The Bertz CT molecular complexity index is 1770. The average molecular weight is 551 g/mol. The fraction of sp³-hybridized carbons (Fsp3) is 0.267. The lowest BCUT2D eigenvalue weighted by Crippen LogP contribution is -2.46. The normalized spacial score (nSPS) is 20.0. The van der Waals surface area contributed by atoms with Gasteiger partial charge in [-0.1, -0.05) is 6.07 Å². The quantitative estimate of drug-likeness (QED) is 0.304. The van der Waals surface area contributed by atoms with Gasteiger partial charge in [0.1, 0.15) is 17.3 Å². The first-order valence-electron chi connectivity index (χ1n) is 13.6. The smallest absolute Gasteiger partial charge is 0.272 e. The molecule has 6 heterocycles. The summed E-state index contributed by atoms with van der Waals surface area (Å²) in [6, 6.07) is 11.7. The Morgan fingerprint density at radius 1 is 1.00 bits per heavy atom. The monoisotopic (exact) mass is 550 g/mol. The second kappa shape index (κ2) is 9.61. The van der Waals surface area contributed by atoms with Gasteiger partial charge in [-0.3, -0.25) is 19.7 Å². The Balaban J connectivity index is 1.25. The van der Waals surface area contributed by atoms with Gasteiger partial charge in [0, 0.05) is 47.1 Å². The number of anilines is 1. The number of fused-ring (bicyclic) bond motifs is 3. The largest absolute Gasteiger partial charge is 0.383 e. The number of aromatic nitrogens is 6. The molecule has 1 aromatic carbocycles. The zero-order chi connectivity index (χ0) is 28.2. The van der Waals surface area contributed by atoms with Crippen molar-refractivity contribution in [3.05, 3.63) is 83.8 Å². The van der Waals surface area contributed by atoms with Crippen molar-refractivity contribution in [2.45, 2.75) is 50.6 Å². The molecule has 3 N–H and O–H groups in total. The van der Waals surface area contributed by atoms with Crippen LogP contribution >= 0.6 is 0 Å². The van der Waals surface area contributed by atoms with E-state index in [0.717, 1.165) is 29.5 Å². The number of nitrogens with two attached hydrogens (primary N) is 1. The maximum absolute atomic E-state index is 13.3. The number of carbonyl (C=O) groups is 2. The number of carbonyl (C=O) groups excluding carboxylic acids is 2. The highest BCUT2D eigenvalue weighted by Gasteiger charge is 2.45. The summed E-state index contributed by atoms with van der Waals surface area (Å²) in [5.74, 6) is -0.297. The van der Waals surface area contributed by atoms with E-state index in [2.05, 4.69) is 20.3 Å². The van der Waals surface area contributed by atoms with Crippen molar-refractivity contribution in [2.24, 2.45) is 0 Å². The van der Waals surface area contributed by atoms with Crippen LogP contribution in [-0.4, -0.2) is 58.5 Å². The molecular formula is C30H27FN8O2. The molecule has 2 bridgehead atoms. The number of Topliss-reactive ketones (excluding diaryl/α,β-unsaturated/α-hetero) is 1. The molecule has 2 aliphatic heterocycles. The molecule has 0 spiro atoms. The number of amides is 1. The first kappa shape index (κ1) is 25.1. The number of hydrogen-bond acceptors (Lipinski definition) is 7. The Labute approximate surface area is 234 Å². The molecule has 0 radical (unpaired) electrons. The van der Waals surface area contributed by atoms with Crippen LogP contribution in [0.5, 0.6) is 0 Å². The number of benzene rings is 1. The van der Waals surface area contributed by atoms with Crippen molar-refractivity contribution in [3.8, 4) is 22.4 Å². The van der Waals surface area contributed by atoms with Crippen LogP contribution in [0.1, 0.15) is 65.1 Å². The van der Waals surface area contributed by atoms with E-state index >= 15 is 0 Å². The SMILES string of the molecule is CC(=O)c1c(C2C[C@H]3CC[C@H](C2)N3C(=O)c2ccn[nH]2)nc2c(-c3ccc(-c4ccc(F)cc4)nc3)cnn2c1N. The summed E-state index contributed by atoms with van der Waals surface area (Å²) in [5.41, 5.74) is 11.7. The Kier molecular flexibility index (Phi) is 5.88. The number of nitrogen functional groups attached to an aromatic ring is 1. The minimum atomic E-state index is -0.302. The molecule has 2 atom stereocenters. The first-order valence-corrected chi connectivity index (χ1v) is 13.6. The fourth-order valence-corrected chi connectivity index (χ4v) is 6.48. The topological polar surface area (TPSA) is 135 Å². The lowest BCUT2D eigenvalue weighted by molar-refractivity contribution is 0.0562. The number of ketones is 1. The van der Waals surface area contributed by atoms with Crippen molar-refractivity contribution in [1.82, 2.24) is 34.7 Å². The summed E-state index contributed by atoms with van der Waals surface area (Å²) in [4.78, 5) is 37.7. The number of rotatable bonds is 5. The predicted molar refractivity (Wildman–Crippen MR) is 150 cm³/mol. The number of pyridine rings is 1. The van der Waals surface area contributed by atoms with E-state index in [4.69, 9.17) is 10.7 Å². The molecule has 0 saturated carbocycles. The van der Waals surface area contributed by atoms with Gasteiger partial charge in [-0.15, -0.1) is 0 Å². The van der Waals surface area contributed by atoms with Crippen LogP contribution in [0.4, 0.5) is 10.2 Å². The van der Waals surface area contributed by atoms with E-state index in [1.807, 2.05) is 17.0 Å². The minimum absolute atomic E-state index is 0.0359. The van der Waals surface area contributed by atoms with Gasteiger partial charge in [0.15, 0.2) is 11.4 Å². The van der Waals surface area contributed by atoms with E-state index in [1.165, 1.54) is 23.6 Å². The van der Waals surface area contributed by atoms with Crippen LogP contribution in [0, 0.1) is 5.82 Å². The Morgan fingerprint density at radius 2 is 1.73 bits per heavy atom. The second-order valence-corrected chi connectivity index (χ2v) is 10.8. The molecule has 2 fully saturated rings. The van der Waals surface area contributed by atoms with Gasteiger partial charge in [-0.05, 0) is 69.0 Å². The molecule has 4 aromatic heterocycles. The lowest BCUT2D eigenvalue weighted by atomic mass is 9.85. The zero-order valence-corrected chi connectivity index (χ0v) is 22.3. The molecule has 10 nitrogen and oxygen atoms in total. The lowest BCUT2D eigenvalue weighted by Gasteiger charge is -2.39. The summed E-state index contributed by atoms with van der Waals surface area (Å²) in [6.45, 7) is 1.50. The maximum Gasteiger partial charge on any atom is 0.272 e. The van der Waals surface area contributed by atoms with Crippen LogP contribution in [0.2, 0.25) is 0 Å². The molecule has 0 unspecified atom stereocenters. The average Bonchev–Trinajstić information content (AvgIpc) is 3.71. The molecule has 0 aliphatic carbocycles. The molecule has 2 saturated heterocycles. The second-order valence-electron chi connectivity index (χ2n) is 10.8. The van der Waals surface area contributed by atoms with Gasteiger partial charge in [-0.25, -0.2) is 9.37 Å². The van der Waals surface area contributed by atoms with Crippen LogP contribution < -0.4 is 5.73 Å². The Hall–Kier alpha value is -4.93. The molecule has 1 amide bonds. The van der Waals surface area contributed by atoms with Gasteiger partial charge in [0.2, 0.25) is 0 Å². The highest BCUT2D eigenvalue weighted by molar-refractivity contribution is 6.00. The zero-order valence-electron chi connectivity index (χ0n) is 22.3. The third-order valence-corrected chi connectivity index (χ3v) is 8.36. The number of hydrogen-bond donors (Lipinski definition) is 2. The van der Waals surface area contributed by atoms with Gasteiger partial charge >= 0.3 is 0 Å². The van der Waals surface area contributed by atoms with E-state index in [0.29, 0.717) is 41.1 Å². The molecule has 41 heavy (non-hydrogen) atoms. The van der Waals surface area contributed by atoms with E-state index in [-0.39, 0.29) is 41.3 Å². The summed E-state index contributed by atoms with van der Waals surface area (Å²) in [7, 11) is 0. The Morgan fingerprint density at radius 3 is 2.37 bits per heavy atom. The highest BCUT2D eigenvalue weighted by Crippen LogP contribution is 2.45. The van der Waals surface area contributed by atoms with Crippen molar-refractivity contribution >= 4 is 23.2 Å². The third kappa shape index (κ3) is 4.16. The van der Waals surface area contributed by atoms with Crippen molar-refractivity contribution in [2.75, 3.05) is 5.73 Å². The predicted octanol–water partition coefficient (Wildman–Crippen LogP) is 4.66. The van der Waals surface area contributed by atoms with E-state index in [1.54, 1.807) is 36.8 Å². The van der Waals surface area contributed by atoms with Crippen molar-refractivity contribution in [1.29, 1.82) is 0 Å². The van der Waals surface area contributed by atoms with Crippen LogP contribution in [0.25, 0.3) is 28.0 Å². The van der Waals surface area contributed by atoms with Crippen molar-refractivity contribution in [3.63, 3.8) is 0 Å². The number of halogens is 1. The summed E-state index contributed by atoms with van der Waals surface area (Å²) in [6.07, 6.45) is 8.17. The van der Waals surface area contributed by atoms with Crippen molar-refractivity contribution < 1.29 is 14.0 Å². The van der Waals surface area contributed by atoms with Gasteiger partial charge in [0.25, 0.3) is 5.91 Å². The number of nitrogens with zero attached hydrogens (tertiary/aromatic N) is 6. The van der Waals surface area contributed by atoms with Gasteiger partial charge in [-0.2, -0.15) is 14.7 Å². The summed E-state index contributed by atoms with van der Waals surface area (Å²) >= 11 is 0. The van der Waals surface area contributed by atoms with E-state index in [9.17, 15) is 14.0 Å². The van der Waals surface area contributed by atoms with Crippen LogP contribution in [-0.2, 0) is 0 Å². The molecule has 7 rings (SSSR count). The molecule has 11 heteroatoms. The van der Waals surface area contributed by atoms with Gasteiger partial charge < -0.3 is 10.6 Å². The third-order valence-electron chi connectivity index (χ3n) is 8.36. The summed E-state index contributed by atoms with van der Waals surface area (Å²) < 4.78 is 14.9.